The zero-order valence-electron chi connectivity index (χ0n) is 9.68. The highest BCUT2D eigenvalue weighted by Gasteiger charge is 2.35. The summed E-state index contributed by atoms with van der Waals surface area (Å²) in [5.74, 6) is -1.27. The molecule has 2 atom stereocenters. The van der Waals surface area contributed by atoms with Crippen molar-refractivity contribution in [1.29, 1.82) is 0 Å². The highest BCUT2D eigenvalue weighted by Crippen LogP contribution is 2.25. The maximum Gasteiger partial charge on any atom is 0.552 e. The molecule has 0 aromatic rings. The molecule has 7 nitrogen and oxygen atoms in total. The molecule has 0 bridgehead atoms. The number of carbonyl (C=O) groups excluding carboxylic acids is 1. The molecule has 0 saturated heterocycles. The van der Waals surface area contributed by atoms with E-state index in [2.05, 4.69) is 9.78 Å². The van der Waals surface area contributed by atoms with Gasteiger partial charge in [0.25, 0.3) is 0 Å². The summed E-state index contributed by atoms with van der Waals surface area (Å²) in [4.78, 5) is 28.4. The van der Waals surface area contributed by atoms with Crippen molar-refractivity contribution in [1.82, 2.24) is 0 Å². The minimum absolute atomic E-state index is 0.0881. The van der Waals surface area contributed by atoms with Crippen molar-refractivity contribution in [2.75, 3.05) is 7.11 Å². The van der Waals surface area contributed by atoms with Gasteiger partial charge in [-0.15, -0.1) is 0 Å². The van der Waals surface area contributed by atoms with Crippen LogP contribution in [0.1, 0.15) is 27.2 Å². The fourth-order valence-electron chi connectivity index (χ4n) is 0.966. The Balaban J connectivity index is 4.31. The summed E-state index contributed by atoms with van der Waals surface area (Å²) in [6.07, 6.45) is -2.30. The van der Waals surface area contributed by atoms with Crippen molar-refractivity contribution < 1.29 is 33.9 Å². The van der Waals surface area contributed by atoms with Gasteiger partial charge in [0.1, 0.15) is 0 Å². The molecular weight excluding hydrogens is 220 g/mol. The van der Waals surface area contributed by atoms with Crippen LogP contribution in [0.5, 0.6) is 0 Å². The van der Waals surface area contributed by atoms with Crippen molar-refractivity contribution in [2.24, 2.45) is 5.92 Å². The molecule has 0 heterocycles. The lowest BCUT2D eigenvalue weighted by atomic mass is 9.99. The minimum atomic E-state index is -1.74. The molecule has 16 heavy (non-hydrogen) atoms. The molecule has 7 heteroatoms. The first kappa shape index (κ1) is 14.5. The second kappa shape index (κ2) is 6.16. The number of ether oxygens (including phenoxy) is 2. The van der Waals surface area contributed by atoms with Crippen molar-refractivity contribution in [2.45, 2.75) is 33.0 Å². The summed E-state index contributed by atoms with van der Waals surface area (Å²) in [5, 5.41) is 8.09. The van der Waals surface area contributed by atoms with E-state index in [1.165, 1.54) is 7.11 Å². The second-order valence-electron chi connectivity index (χ2n) is 3.31. The first-order chi connectivity index (χ1) is 7.35. The predicted octanol–water partition coefficient (Wildman–Crippen LogP) is 2.16. The minimum Gasteiger partial charge on any atom is -0.447 e. The number of carboxylic acid groups (broad SMARTS) is 1. The van der Waals surface area contributed by atoms with Gasteiger partial charge in [0, 0.05) is 20.0 Å². The monoisotopic (exact) mass is 236 g/mol. The molecule has 0 fully saturated rings. The van der Waals surface area contributed by atoms with Crippen LogP contribution in [0.25, 0.3) is 0 Å². The van der Waals surface area contributed by atoms with E-state index in [-0.39, 0.29) is 5.92 Å². The van der Waals surface area contributed by atoms with Crippen LogP contribution >= 0.6 is 0 Å². The van der Waals surface area contributed by atoms with Gasteiger partial charge in [0.2, 0.25) is 5.79 Å². The smallest absolute Gasteiger partial charge is 0.447 e. The first-order valence-corrected chi connectivity index (χ1v) is 4.71. The lowest BCUT2D eigenvalue weighted by molar-refractivity contribution is -0.265. The lowest BCUT2D eigenvalue weighted by Crippen LogP contribution is -2.40. The molecule has 0 aliphatic carbocycles. The Bertz CT molecular complexity index is 252. The molecule has 0 rings (SSSR count). The maximum atomic E-state index is 11.0. The van der Waals surface area contributed by atoms with Crippen LogP contribution in [0.15, 0.2) is 0 Å². The van der Waals surface area contributed by atoms with Gasteiger partial charge in [-0.3, -0.25) is 0 Å². The topological polar surface area (TPSA) is 91.3 Å². The van der Waals surface area contributed by atoms with E-state index in [0.29, 0.717) is 6.42 Å². The standard InChI is InChI=1S/C9H16O7/c1-5-6(2)9(3,13-4)14-8(12)16-15-7(10)11/h6H,5H2,1-4H3,(H,10,11). The molecule has 0 aliphatic rings. The van der Waals surface area contributed by atoms with Gasteiger partial charge >= 0.3 is 12.3 Å². The molecule has 0 aromatic carbocycles. The van der Waals surface area contributed by atoms with E-state index >= 15 is 0 Å². The molecular formula is C9H16O7. The van der Waals surface area contributed by atoms with Crippen molar-refractivity contribution >= 4 is 12.3 Å². The molecule has 0 spiro atoms. The van der Waals surface area contributed by atoms with Gasteiger partial charge in [0.05, 0.1) is 0 Å². The first-order valence-electron chi connectivity index (χ1n) is 4.71. The van der Waals surface area contributed by atoms with Crippen LogP contribution in [0.2, 0.25) is 0 Å². The fraction of sp³-hybridized carbons (Fsp3) is 0.778. The number of hydrogen-bond donors (Lipinski definition) is 1. The molecule has 0 aliphatic heterocycles. The van der Waals surface area contributed by atoms with E-state index in [1.807, 2.05) is 13.8 Å². The second-order valence-corrected chi connectivity index (χ2v) is 3.31. The summed E-state index contributed by atoms with van der Waals surface area (Å²) < 4.78 is 9.86. The van der Waals surface area contributed by atoms with Gasteiger partial charge in [-0.25, -0.2) is 9.68 Å². The zero-order chi connectivity index (χ0) is 12.8. The Hall–Kier alpha value is -1.50. The van der Waals surface area contributed by atoms with Gasteiger partial charge in [-0.05, 0) is 6.42 Å². The van der Waals surface area contributed by atoms with Crippen LogP contribution in [0.3, 0.4) is 0 Å². The Morgan fingerprint density at radius 2 is 1.94 bits per heavy atom. The molecule has 1 N–H and O–H groups in total. The molecule has 94 valence electrons. The summed E-state index contributed by atoms with van der Waals surface area (Å²) in [5.41, 5.74) is 0. The molecule has 2 unspecified atom stereocenters. The summed E-state index contributed by atoms with van der Waals surface area (Å²) in [6.45, 7) is 5.25. The SMILES string of the molecule is CCC(C)C(C)(OC)OC(=O)OOC(=O)O. The number of carbonyl (C=O) groups is 2. The highest BCUT2D eigenvalue weighted by atomic mass is 17.3. The predicted molar refractivity (Wildman–Crippen MR) is 51.5 cm³/mol. The molecule has 0 amide bonds. The number of hydrogen-bond acceptors (Lipinski definition) is 6. The summed E-state index contributed by atoms with van der Waals surface area (Å²) >= 11 is 0. The van der Waals surface area contributed by atoms with Crippen LogP contribution in [-0.2, 0) is 19.2 Å². The van der Waals surface area contributed by atoms with Gasteiger partial charge < -0.3 is 14.6 Å². The molecule has 0 aromatic heterocycles. The molecule has 0 saturated carbocycles. The molecule has 0 radical (unpaired) electrons. The average Bonchev–Trinajstić information content (AvgIpc) is 2.24. The number of methoxy groups -OCH3 is 1. The Labute approximate surface area is 93.2 Å². The van der Waals surface area contributed by atoms with E-state index in [0.717, 1.165) is 0 Å². The fourth-order valence-corrected chi connectivity index (χ4v) is 0.966. The zero-order valence-corrected chi connectivity index (χ0v) is 9.68. The summed E-state index contributed by atoms with van der Waals surface area (Å²) in [6, 6.07) is 0. The van der Waals surface area contributed by atoms with E-state index < -0.39 is 18.1 Å². The van der Waals surface area contributed by atoms with Gasteiger partial charge in [-0.1, -0.05) is 13.8 Å². The third kappa shape index (κ3) is 4.35. The highest BCUT2D eigenvalue weighted by molar-refractivity contribution is 5.62. The number of rotatable bonds is 4. The maximum absolute atomic E-state index is 11.0. The lowest BCUT2D eigenvalue weighted by Gasteiger charge is -2.31. The normalized spacial score (nSPS) is 15.8. The van der Waals surface area contributed by atoms with E-state index in [9.17, 15) is 9.59 Å². The van der Waals surface area contributed by atoms with Crippen molar-refractivity contribution in [3.63, 3.8) is 0 Å². The van der Waals surface area contributed by atoms with Crippen molar-refractivity contribution in [3.8, 4) is 0 Å². The Morgan fingerprint density at radius 3 is 2.31 bits per heavy atom. The van der Waals surface area contributed by atoms with Crippen molar-refractivity contribution in [3.05, 3.63) is 0 Å². The average molecular weight is 236 g/mol. The Kier molecular flexibility index (Phi) is 5.59. The third-order valence-corrected chi connectivity index (χ3v) is 2.38. The Morgan fingerprint density at radius 1 is 1.38 bits per heavy atom. The van der Waals surface area contributed by atoms with Gasteiger partial charge in [0.15, 0.2) is 0 Å². The van der Waals surface area contributed by atoms with Gasteiger partial charge in [-0.2, -0.15) is 9.68 Å². The largest absolute Gasteiger partial charge is 0.552 e. The van der Waals surface area contributed by atoms with E-state index in [1.54, 1.807) is 6.92 Å². The third-order valence-electron chi connectivity index (χ3n) is 2.38. The quantitative estimate of drug-likeness (QED) is 0.346. The van der Waals surface area contributed by atoms with E-state index in [4.69, 9.17) is 14.6 Å². The van der Waals surface area contributed by atoms with Crippen LogP contribution in [0.4, 0.5) is 9.59 Å². The van der Waals surface area contributed by atoms with Crippen LogP contribution in [0, 0.1) is 5.92 Å². The van der Waals surface area contributed by atoms with Crippen LogP contribution in [-0.4, -0.2) is 30.3 Å². The summed E-state index contributed by atoms with van der Waals surface area (Å²) in [7, 11) is 1.37. The van der Waals surface area contributed by atoms with Crippen LogP contribution < -0.4 is 0 Å².